The Balaban J connectivity index is 1.31. The number of rotatable bonds is 5. The summed E-state index contributed by atoms with van der Waals surface area (Å²) in [6, 6.07) is 9.57. The number of benzene rings is 1. The van der Waals surface area contributed by atoms with Gasteiger partial charge in [-0.3, -0.25) is 9.69 Å². The number of methoxy groups -OCH3 is 1. The minimum Gasteiger partial charge on any atom is -0.372 e. The molecule has 1 amide bonds. The van der Waals surface area contributed by atoms with Gasteiger partial charge in [0.25, 0.3) is 5.91 Å². The average molecular weight is 354 g/mol. The standard InChI is InChI=1S/C22H30N2O2/c1-26-21-11-14-24(22(21)25)16-19-7-5-17(6-8-19)15-18-9-12-23(13-10-18)20-3-2-4-20/h5-8,15,20-21H,2-4,9-14,16H2,1H3/t21-/m0/s1. The van der Waals surface area contributed by atoms with Gasteiger partial charge >= 0.3 is 0 Å². The number of piperidine rings is 1. The summed E-state index contributed by atoms with van der Waals surface area (Å²) in [7, 11) is 1.62. The molecule has 1 aliphatic carbocycles. The summed E-state index contributed by atoms with van der Waals surface area (Å²) in [6.45, 7) is 3.94. The molecule has 1 aromatic carbocycles. The highest BCUT2D eigenvalue weighted by atomic mass is 16.5. The molecular weight excluding hydrogens is 324 g/mol. The van der Waals surface area contributed by atoms with Crippen LogP contribution >= 0.6 is 0 Å². The molecule has 1 atom stereocenters. The molecule has 4 rings (SSSR count). The van der Waals surface area contributed by atoms with E-state index in [4.69, 9.17) is 4.74 Å². The quantitative estimate of drug-likeness (QED) is 0.812. The molecule has 0 spiro atoms. The van der Waals surface area contributed by atoms with Gasteiger partial charge in [-0.2, -0.15) is 0 Å². The van der Waals surface area contributed by atoms with Crippen molar-refractivity contribution in [2.45, 2.75) is 57.2 Å². The van der Waals surface area contributed by atoms with Crippen LogP contribution < -0.4 is 0 Å². The van der Waals surface area contributed by atoms with E-state index in [0.29, 0.717) is 6.54 Å². The van der Waals surface area contributed by atoms with Crippen LogP contribution in [0.5, 0.6) is 0 Å². The minimum absolute atomic E-state index is 0.122. The third kappa shape index (κ3) is 3.86. The first kappa shape index (κ1) is 17.7. The largest absolute Gasteiger partial charge is 0.372 e. The van der Waals surface area contributed by atoms with E-state index in [1.807, 2.05) is 4.90 Å². The summed E-state index contributed by atoms with van der Waals surface area (Å²) in [6.07, 6.45) is 9.57. The minimum atomic E-state index is -0.246. The Morgan fingerprint density at radius 3 is 2.38 bits per heavy atom. The Kier molecular flexibility index (Phi) is 5.41. The molecular formula is C22H30N2O2. The Labute approximate surface area is 156 Å². The average Bonchev–Trinajstić information content (AvgIpc) is 2.97. The first-order chi connectivity index (χ1) is 12.7. The first-order valence-corrected chi connectivity index (χ1v) is 10.1. The lowest BCUT2D eigenvalue weighted by molar-refractivity contribution is -0.136. The number of hydrogen-bond acceptors (Lipinski definition) is 3. The lowest BCUT2D eigenvalue weighted by Crippen LogP contribution is -2.43. The zero-order valence-electron chi connectivity index (χ0n) is 15.8. The second-order valence-corrected chi connectivity index (χ2v) is 7.94. The highest BCUT2D eigenvalue weighted by Crippen LogP contribution is 2.29. The molecule has 2 saturated heterocycles. The van der Waals surface area contributed by atoms with Crippen LogP contribution in [0.3, 0.4) is 0 Å². The van der Waals surface area contributed by atoms with Gasteiger partial charge in [-0.1, -0.05) is 42.3 Å². The van der Waals surface area contributed by atoms with Gasteiger partial charge in [-0.25, -0.2) is 0 Å². The zero-order valence-corrected chi connectivity index (χ0v) is 15.8. The fraction of sp³-hybridized carbons (Fsp3) is 0.591. The zero-order chi connectivity index (χ0) is 17.9. The SMILES string of the molecule is CO[C@H]1CCN(Cc2ccc(C=C3CCN(C4CCC4)CC3)cc2)C1=O. The summed E-state index contributed by atoms with van der Waals surface area (Å²) in [5.74, 6) is 0.122. The topological polar surface area (TPSA) is 32.8 Å². The van der Waals surface area contributed by atoms with Gasteiger partial charge in [0.15, 0.2) is 0 Å². The summed E-state index contributed by atoms with van der Waals surface area (Å²) in [5, 5.41) is 0. The molecule has 3 aliphatic rings. The van der Waals surface area contributed by atoms with E-state index in [-0.39, 0.29) is 12.0 Å². The number of hydrogen-bond donors (Lipinski definition) is 0. The highest BCUT2D eigenvalue weighted by molar-refractivity contribution is 5.83. The van der Waals surface area contributed by atoms with Crippen molar-refractivity contribution in [3.05, 3.63) is 41.0 Å². The van der Waals surface area contributed by atoms with Crippen LogP contribution in [0.25, 0.3) is 6.08 Å². The molecule has 2 aliphatic heterocycles. The van der Waals surface area contributed by atoms with Crippen molar-refractivity contribution in [3.8, 4) is 0 Å². The molecule has 4 nitrogen and oxygen atoms in total. The van der Waals surface area contributed by atoms with Gasteiger partial charge in [0.2, 0.25) is 0 Å². The molecule has 4 heteroatoms. The summed E-state index contributed by atoms with van der Waals surface area (Å²) in [4.78, 5) is 16.7. The van der Waals surface area contributed by atoms with E-state index in [9.17, 15) is 4.79 Å². The number of amides is 1. The van der Waals surface area contributed by atoms with E-state index >= 15 is 0 Å². The fourth-order valence-electron chi connectivity index (χ4n) is 4.33. The predicted molar refractivity (Wildman–Crippen MR) is 104 cm³/mol. The third-order valence-electron chi connectivity index (χ3n) is 6.29. The fourth-order valence-corrected chi connectivity index (χ4v) is 4.33. The molecule has 26 heavy (non-hydrogen) atoms. The van der Waals surface area contributed by atoms with Crippen LogP contribution in [-0.2, 0) is 16.1 Å². The van der Waals surface area contributed by atoms with Crippen molar-refractivity contribution >= 4 is 12.0 Å². The van der Waals surface area contributed by atoms with E-state index < -0.39 is 0 Å². The van der Waals surface area contributed by atoms with Gasteiger partial charge in [-0.05, 0) is 36.8 Å². The normalized spacial score (nSPS) is 24.8. The molecule has 0 N–H and O–H groups in total. The second kappa shape index (κ2) is 7.93. The number of carbonyl (C=O) groups is 1. The van der Waals surface area contributed by atoms with E-state index in [0.717, 1.165) is 19.0 Å². The van der Waals surface area contributed by atoms with Crippen LogP contribution in [0.1, 0.15) is 49.7 Å². The molecule has 1 aromatic rings. The van der Waals surface area contributed by atoms with Crippen molar-refractivity contribution in [1.29, 1.82) is 0 Å². The lowest BCUT2D eigenvalue weighted by atomic mass is 9.89. The van der Waals surface area contributed by atoms with Gasteiger partial charge < -0.3 is 9.64 Å². The smallest absolute Gasteiger partial charge is 0.252 e. The van der Waals surface area contributed by atoms with E-state index in [1.165, 1.54) is 56.3 Å². The van der Waals surface area contributed by atoms with E-state index in [2.05, 4.69) is 35.2 Å². The summed E-state index contributed by atoms with van der Waals surface area (Å²) < 4.78 is 5.23. The van der Waals surface area contributed by atoms with Crippen molar-refractivity contribution in [3.63, 3.8) is 0 Å². The van der Waals surface area contributed by atoms with Crippen LogP contribution in [0, 0.1) is 0 Å². The predicted octanol–water partition coefficient (Wildman–Crippen LogP) is 3.47. The Bertz CT molecular complexity index is 653. The van der Waals surface area contributed by atoms with Crippen LogP contribution in [0.2, 0.25) is 0 Å². The maximum absolute atomic E-state index is 12.2. The molecule has 0 radical (unpaired) electrons. The van der Waals surface area contributed by atoms with Gasteiger partial charge in [0.1, 0.15) is 6.10 Å². The number of carbonyl (C=O) groups excluding carboxylic acids is 1. The summed E-state index contributed by atoms with van der Waals surface area (Å²) >= 11 is 0. The van der Waals surface area contributed by atoms with Crippen molar-refractivity contribution in [2.75, 3.05) is 26.7 Å². The molecule has 2 heterocycles. The second-order valence-electron chi connectivity index (χ2n) is 7.94. The van der Waals surface area contributed by atoms with Gasteiger partial charge in [-0.15, -0.1) is 0 Å². The molecule has 1 saturated carbocycles. The lowest BCUT2D eigenvalue weighted by Gasteiger charge is -2.40. The number of nitrogens with zero attached hydrogens (tertiary/aromatic N) is 2. The van der Waals surface area contributed by atoms with Crippen molar-refractivity contribution in [1.82, 2.24) is 9.80 Å². The third-order valence-corrected chi connectivity index (χ3v) is 6.29. The first-order valence-electron chi connectivity index (χ1n) is 10.1. The van der Waals surface area contributed by atoms with Crippen LogP contribution in [-0.4, -0.2) is 54.6 Å². The molecule has 140 valence electrons. The Morgan fingerprint density at radius 2 is 1.81 bits per heavy atom. The molecule has 3 fully saturated rings. The van der Waals surface area contributed by atoms with Crippen LogP contribution in [0.4, 0.5) is 0 Å². The summed E-state index contributed by atoms with van der Waals surface area (Å²) in [5.41, 5.74) is 4.05. The maximum atomic E-state index is 12.2. The maximum Gasteiger partial charge on any atom is 0.252 e. The van der Waals surface area contributed by atoms with Crippen molar-refractivity contribution in [2.24, 2.45) is 0 Å². The molecule has 0 bridgehead atoms. The van der Waals surface area contributed by atoms with Crippen LogP contribution in [0.15, 0.2) is 29.8 Å². The number of likely N-dealkylation sites (tertiary alicyclic amines) is 2. The van der Waals surface area contributed by atoms with E-state index in [1.54, 1.807) is 12.7 Å². The highest BCUT2D eigenvalue weighted by Gasteiger charge is 2.31. The van der Waals surface area contributed by atoms with Crippen molar-refractivity contribution < 1.29 is 9.53 Å². The molecule has 0 aromatic heterocycles. The monoisotopic (exact) mass is 354 g/mol. The Hall–Kier alpha value is -1.65. The van der Waals surface area contributed by atoms with Gasteiger partial charge in [0.05, 0.1) is 0 Å². The van der Waals surface area contributed by atoms with Gasteiger partial charge in [0, 0.05) is 45.8 Å². The number of ether oxygens (including phenoxy) is 1. The Morgan fingerprint density at radius 1 is 1.08 bits per heavy atom. The molecule has 0 unspecified atom stereocenters.